The topological polar surface area (TPSA) is 80.4 Å². The van der Waals surface area contributed by atoms with Crippen molar-refractivity contribution in [3.05, 3.63) is 0 Å². The number of hydrogen-bond acceptors (Lipinski definition) is 7. The minimum absolute atomic E-state index is 0.216. The summed E-state index contributed by atoms with van der Waals surface area (Å²) in [6.07, 6.45) is 3.23. The Kier molecular flexibility index (Phi) is 4.94. The summed E-state index contributed by atoms with van der Waals surface area (Å²) in [6.45, 7) is 4.48. The molecule has 2 N–H and O–H groups in total. The molecule has 0 aromatic carbocycles. The second-order valence-electron chi connectivity index (χ2n) is 5.33. The highest BCUT2D eigenvalue weighted by molar-refractivity contribution is 5.36. The predicted octanol–water partition coefficient (Wildman–Crippen LogP) is 0.773. The Morgan fingerprint density at radius 3 is 2.85 bits per heavy atom. The van der Waals surface area contributed by atoms with Gasteiger partial charge in [-0.1, -0.05) is 6.92 Å². The molecular formula is C13H24N6O. The highest BCUT2D eigenvalue weighted by atomic mass is 16.5. The van der Waals surface area contributed by atoms with Crippen LogP contribution in [0.3, 0.4) is 0 Å². The molecule has 1 aromatic heterocycles. The van der Waals surface area contributed by atoms with E-state index in [1.54, 1.807) is 0 Å². The van der Waals surface area contributed by atoms with Crippen LogP contribution >= 0.6 is 0 Å². The van der Waals surface area contributed by atoms with E-state index in [9.17, 15) is 0 Å². The van der Waals surface area contributed by atoms with E-state index < -0.39 is 0 Å². The second kappa shape index (κ2) is 6.69. The van der Waals surface area contributed by atoms with E-state index in [1.165, 1.54) is 6.42 Å². The molecule has 0 bridgehead atoms. The molecule has 0 aliphatic carbocycles. The van der Waals surface area contributed by atoms with Crippen LogP contribution in [0.5, 0.6) is 6.01 Å². The standard InChI is InChI=1S/C13H24N6O/c1-4-8-20-13-16-11(14)15-12(17-13)19-7-5-6-10(9-19)18(2)3/h10H,4-9H2,1-3H3,(H2,14,15,16,17). The van der Waals surface area contributed by atoms with Gasteiger partial charge in [-0.15, -0.1) is 0 Å². The Labute approximate surface area is 120 Å². The molecule has 20 heavy (non-hydrogen) atoms. The summed E-state index contributed by atoms with van der Waals surface area (Å²) in [4.78, 5) is 17.0. The maximum Gasteiger partial charge on any atom is 0.323 e. The van der Waals surface area contributed by atoms with Gasteiger partial charge in [0.1, 0.15) is 0 Å². The lowest BCUT2D eigenvalue weighted by Crippen LogP contribution is -2.45. The van der Waals surface area contributed by atoms with Gasteiger partial charge in [-0.2, -0.15) is 15.0 Å². The Balaban J connectivity index is 2.12. The molecule has 7 nitrogen and oxygen atoms in total. The summed E-state index contributed by atoms with van der Waals surface area (Å²) in [6, 6.07) is 0.836. The van der Waals surface area contributed by atoms with Gasteiger partial charge in [-0.25, -0.2) is 0 Å². The maximum atomic E-state index is 5.75. The smallest absolute Gasteiger partial charge is 0.323 e. The Morgan fingerprint density at radius 2 is 2.15 bits per heavy atom. The first-order valence-corrected chi connectivity index (χ1v) is 7.16. The van der Waals surface area contributed by atoms with Crippen molar-refractivity contribution in [1.82, 2.24) is 19.9 Å². The van der Waals surface area contributed by atoms with Gasteiger partial charge in [0.15, 0.2) is 0 Å². The Morgan fingerprint density at radius 1 is 1.35 bits per heavy atom. The van der Waals surface area contributed by atoms with Crippen molar-refractivity contribution in [3.63, 3.8) is 0 Å². The van der Waals surface area contributed by atoms with Gasteiger partial charge in [0.05, 0.1) is 6.61 Å². The average molecular weight is 280 g/mol. The average Bonchev–Trinajstić information content (AvgIpc) is 2.44. The fourth-order valence-electron chi connectivity index (χ4n) is 2.32. The zero-order valence-corrected chi connectivity index (χ0v) is 12.5. The van der Waals surface area contributed by atoms with E-state index in [-0.39, 0.29) is 5.95 Å². The fraction of sp³-hybridized carbons (Fsp3) is 0.769. The van der Waals surface area contributed by atoms with Crippen LogP contribution in [0.25, 0.3) is 0 Å². The molecule has 0 spiro atoms. The van der Waals surface area contributed by atoms with Crippen molar-refractivity contribution in [2.75, 3.05) is 44.4 Å². The van der Waals surface area contributed by atoms with Crippen LogP contribution in [0.1, 0.15) is 26.2 Å². The van der Waals surface area contributed by atoms with Crippen molar-refractivity contribution in [2.24, 2.45) is 0 Å². The zero-order chi connectivity index (χ0) is 14.5. The minimum atomic E-state index is 0.216. The molecule has 1 aliphatic heterocycles. The number of hydrogen-bond donors (Lipinski definition) is 1. The van der Waals surface area contributed by atoms with Crippen LogP contribution in [0.2, 0.25) is 0 Å². The van der Waals surface area contributed by atoms with Crippen molar-refractivity contribution in [1.29, 1.82) is 0 Å². The van der Waals surface area contributed by atoms with Gasteiger partial charge in [0.25, 0.3) is 0 Å². The highest BCUT2D eigenvalue weighted by Gasteiger charge is 2.24. The molecule has 1 aliphatic rings. The largest absolute Gasteiger partial charge is 0.463 e. The van der Waals surface area contributed by atoms with Crippen LogP contribution in [-0.4, -0.2) is 59.7 Å². The number of ether oxygens (including phenoxy) is 1. The molecule has 0 radical (unpaired) electrons. The van der Waals surface area contributed by atoms with Crippen molar-refractivity contribution < 1.29 is 4.74 Å². The summed E-state index contributed by atoms with van der Waals surface area (Å²) in [5.41, 5.74) is 5.75. The molecule has 1 atom stereocenters. The number of rotatable bonds is 5. The zero-order valence-electron chi connectivity index (χ0n) is 12.5. The molecule has 1 saturated heterocycles. The number of anilines is 2. The van der Waals surface area contributed by atoms with Crippen LogP contribution in [-0.2, 0) is 0 Å². The van der Waals surface area contributed by atoms with Crippen LogP contribution in [0.4, 0.5) is 11.9 Å². The first-order chi connectivity index (χ1) is 9.60. The summed E-state index contributed by atoms with van der Waals surface area (Å²) < 4.78 is 5.46. The summed E-state index contributed by atoms with van der Waals surface area (Å²) in [5, 5.41) is 0. The van der Waals surface area contributed by atoms with Gasteiger partial charge in [0.2, 0.25) is 11.9 Å². The normalized spacial score (nSPS) is 19.4. The van der Waals surface area contributed by atoms with Gasteiger partial charge < -0.3 is 20.3 Å². The quantitative estimate of drug-likeness (QED) is 0.853. The van der Waals surface area contributed by atoms with E-state index >= 15 is 0 Å². The third-order valence-electron chi connectivity index (χ3n) is 3.47. The number of piperidine rings is 1. The molecule has 112 valence electrons. The van der Waals surface area contributed by atoms with E-state index in [2.05, 4.69) is 38.8 Å². The van der Waals surface area contributed by atoms with Crippen molar-refractivity contribution in [3.8, 4) is 6.01 Å². The minimum Gasteiger partial charge on any atom is -0.463 e. The Bertz CT molecular complexity index is 439. The van der Waals surface area contributed by atoms with E-state index in [0.717, 1.165) is 25.9 Å². The van der Waals surface area contributed by atoms with Gasteiger partial charge >= 0.3 is 6.01 Å². The molecule has 1 unspecified atom stereocenters. The van der Waals surface area contributed by atoms with Crippen LogP contribution < -0.4 is 15.4 Å². The second-order valence-corrected chi connectivity index (χ2v) is 5.33. The van der Waals surface area contributed by atoms with Crippen LogP contribution in [0, 0.1) is 0 Å². The number of nitrogens with two attached hydrogens (primary N) is 1. The van der Waals surface area contributed by atoms with E-state index in [4.69, 9.17) is 10.5 Å². The van der Waals surface area contributed by atoms with Crippen molar-refractivity contribution in [2.45, 2.75) is 32.2 Å². The SMILES string of the molecule is CCCOc1nc(N)nc(N2CCCC(N(C)C)C2)n1. The third-order valence-corrected chi connectivity index (χ3v) is 3.47. The summed E-state index contributed by atoms with van der Waals surface area (Å²) >= 11 is 0. The third kappa shape index (κ3) is 3.69. The van der Waals surface area contributed by atoms with Gasteiger partial charge in [-0.3, -0.25) is 0 Å². The predicted molar refractivity (Wildman–Crippen MR) is 78.9 cm³/mol. The van der Waals surface area contributed by atoms with E-state index in [1.807, 2.05) is 6.92 Å². The first-order valence-electron chi connectivity index (χ1n) is 7.16. The number of likely N-dealkylation sites (N-methyl/N-ethyl adjacent to an activating group) is 1. The van der Waals surface area contributed by atoms with Crippen LogP contribution in [0.15, 0.2) is 0 Å². The molecule has 7 heteroatoms. The lowest BCUT2D eigenvalue weighted by Gasteiger charge is -2.36. The highest BCUT2D eigenvalue weighted by Crippen LogP contribution is 2.20. The number of nitrogen functional groups attached to an aromatic ring is 1. The lowest BCUT2D eigenvalue weighted by molar-refractivity contribution is 0.255. The monoisotopic (exact) mass is 280 g/mol. The number of nitrogens with zero attached hydrogens (tertiary/aromatic N) is 5. The molecule has 0 saturated carbocycles. The first kappa shape index (κ1) is 14.8. The number of aromatic nitrogens is 3. The lowest BCUT2D eigenvalue weighted by atomic mass is 10.1. The fourth-order valence-corrected chi connectivity index (χ4v) is 2.32. The Hall–Kier alpha value is -1.63. The van der Waals surface area contributed by atoms with Crippen molar-refractivity contribution >= 4 is 11.9 Å². The molecule has 0 amide bonds. The molecule has 2 rings (SSSR count). The maximum absolute atomic E-state index is 5.75. The summed E-state index contributed by atoms with van der Waals surface area (Å²) in [7, 11) is 4.21. The molecule has 1 fully saturated rings. The molecule has 1 aromatic rings. The van der Waals surface area contributed by atoms with Gasteiger partial charge in [-0.05, 0) is 33.4 Å². The van der Waals surface area contributed by atoms with Gasteiger partial charge in [0, 0.05) is 19.1 Å². The summed E-state index contributed by atoms with van der Waals surface area (Å²) in [5.74, 6) is 0.836. The van der Waals surface area contributed by atoms with E-state index in [0.29, 0.717) is 24.6 Å². The molecule has 2 heterocycles. The molecular weight excluding hydrogens is 256 g/mol.